The van der Waals surface area contributed by atoms with Crippen molar-refractivity contribution < 1.29 is 9.32 Å². The van der Waals surface area contributed by atoms with Crippen LogP contribution in [0.15, 0.2) is 41.2 Å². The number of hydrogen-bond acceptors (Lipinski definition) is 3. The highest BCUT2D eigenvalue weighted by Gasteiger charge is 2.06. The van der Waals surface area contributed by atoms with Crippen LogP contribution in [0.4, 0.5) is 5.69 Å². The Bertz CT molecular complexity index is 468. The molecule has 0 saturated heterocycles. The van der Waals surface area contributed by atoms with Gasteiger partial charge >= 0.3 is 0 Å². The summed E-state index contributed by atoms with van der Waals surface area (Å²) in [7, 11) is 0. The van der Waals surface area contributed by atoms with Crippen LogP contribution in [-0.2, 0) is 0 Å². The van der Waals surface area contributed by atoms with Crippen LogP contribution in [0.2, 0.25) is 5.02 Å². The van der Waals surface area contributed by atoms with E-state index in [9.17, 15) is 4.79 Å². The Labute approximate surface area is 90.8 Å². The molecule has 0 aliphatic carbocycles. The lowest BCUT2D eigenvalue weighted by Gasteiger charge is -2.01. The maximum atomic E-state index is 11.6. The van der Waals surface area contributed by atoms with Crippen LogP contribution in [0, 0.1) is 0 Å². The topological polar surface area (TPSA) is 55.1 Å². The van der Waals surface area contributed by atoms with Crippen LogP contribution in [-0.4, -0.2) is 11.1 Å². The van der Waals surface area contributed by atoms with Gasteiger partial charge in [0.2, 0.25) is 0 Å². The minimum absolute atomic E-state index is 0.249. The fourth-order valence-electron chi connectivity index (χ4n) is 1.10. The summed E-state index contributed by atoms with van der Waals surface area (Å²) in [5, 5.41) is 6.60. The Balaban J connectivity index is 2.15. The summed E-state index contributed by atoms with van der Waals surface area (Å²) in [5.41, 5.74) is 1.00. The first-order valence-electron chi connectivity index (χ1n) is 4.22. The molecule has 0 fully saturated rings. The van der Waals surface area contributed by atoms with E-state index in [2.05, 4.69) is 15.0 Å². The van der Waals surface area contributed by atoms with E-state index in [-0.39, 0.29) is 5.91 Å². The van der Waals surface area contributed by atoms with Crippen molar-refractivity contribution in [2.75, 3.05) is 5.32 Å². The number of hydrogen-bond donors (Lipinski definition) is 1. The maximum Gasteiger partial charge on any atom is 0.255 e. The number of anilines is 1. The number of rotatable bonds is 2. The summed E-state index contributed by atoms with van der Waals surface area (Å²) in [6, 6.07) is 6.68. The van der Waals surface area contributed by atoms with Gasteiger partial charge in [0.25, 0.3) is 5.91 Å². The predicted octanol–water partition coefficient (Wildman–Crippen LogP) is 2.58. The zero-order chi connectivity index (χ0) is 10.7. The van der Waals surface area contributed by atoms with E-state index in [0.717, 1.165) is 0 Å². The molecule has 0 bridgehead atoms. The van der Waals surface area contributed by atoms with Crippen molar-refractivity contribution in [3.63, 3.8) is 0 Å². The Morgan fingerprint density at radius 3 is 3.00 bits per heavy atom. The summed E-state index contributed by atoms with van der Waals surface area (Å²) in [6.07, 6.45) is 2.77. The highest BCUT2D eigenvalue weighted by Crippen LogP contribution is 2.12. The van der Waals surface area contributed by atoms with E-state index in [1.807, 2.05) is 0 Å². The molecule has 1 aromatic heterocycles. The van der Waals surface area contributed by atoms with Crippen molar-refractivity contribution in [2.45, 2.75) is 0 Å². The number of carbonyl (C=O) groups excluding carboxylic acids is 1. The molecule has 76 valence electrons. The monoisotopic (exact) mass is 222 g/mol. The molecule has 5 heteroatoms. The van der Waals surface area contributed by atoms with Crippen molar-refractivity contribution in [1.29, 1.82) is 0 Å². The normalized spacial score (nSPS) is 9.93. The molecule has 15 heavy (non-hydrogen) atoms. The molecule has 2 aromatic rings. The minimum atomic E-state index is -0.249. The summed E-state index contributed by atoms with van der Waals surface area (Å²) in [5.74, 6) is -0.249. The highest BCUT2D eigenvalue weighted by atomic mass is 35.5. The SMILES string of the molecule is O=C(Nc1cnoc1)c1cccc(Cl)c1. The molecule has 0 atom stereocenters. The van der Waals surface area contributed by atoms with Gasteiger partial charge in [-0.3, -0.25) is 4.79 Å². The van der Waals surface area contributed by atoms with Gasteiger partial charge in [-0.05, 0) is 18.2 Å². The molecule has 1 heterocycles. The first kappa shape index (κ1) is 9.73. The molecule has 4 nitrogen and oxygen atoms in total. The first-order chi connectivity index (χ1) is 7.25. The summed E-state index contributed by atoms with van der Waals surface area (Å²) in [4.78, 5) is 11.6. The second-order valence-corrected chi connectivity index (χ2v) is 3.31. The number of nitrogens with zero attached hydrogens (tertiary/aromatic N) is 1. The number of benzene rings is 1. The average Bonchev–Trinajstić information content (AvgIpc) is 2.70. The second-order valence-electron chi connectivity index (χ2n) is 2.88. The molecule has 0 aliphatic rings. The Morgan fingerprint density at radius 1 is 1.47 bits per heavy atom. The lowest BCUT2D eigenvalue weighted by atomic mass is 10.2. The fourth-order valence-corrected chi connectivity index (χ4v) is 1.29. The van der Waals surface area contributed by atoms with E-state index in [4.69, 9.17) is 11.6 Å². The number of carbonyl (C=O) groups is 1. The van der Waals surface area contributed by atoms with E-state index < -0.39 is 0 Å². The van der Waals surface area contributed by atoms with Crippen molar-refractivity contribution in [2.24, 2.45) is 0 Å². The van der Waals surface area contributed by atoms with E-state index in [1.165, 1.54) is 12.5 Å². The molecule has 0 saturated carbocycles. The molecule has 2 rings (SSSR count). The summed E-state index contributed by atoms with van der Waals surface area (Å²) < 4.78 is 4.58. The number of aromatic nitrogens is 1. The van der Waals surface area contributed by atoms with Crippen molar-refractivity contribution in [3.8, 4) is 0 Å². The van der Waals surface area contributed by atoms with Crippen LogP contribution in [0.25, 0.3) is 0 Å². The third kappa shape index (κ3) is 2.35. The second kappa shape index (κ2) is 4.14. The third-order valence-electron chi connectivity index (χ3n) is 1.78. The zero-order valence-electron chi connectivity index (χ0n) is 7.61. The van der Waals surface area contributed by atoms with Crippen LogP contribution >= 0.6 is 11.6 Å². The van der Waals surface area contributed by atoms with Gasteiger partial charge in [-0.15, -0.1) is 0 Å². The molecule has 0 unspecified atom stereocenters. The standard InChI is InChI=1S/C10H7ClN2O2/c11-8-3-1-2-7(4-8)10(14)13-9-5-12-15-6-9/h1-6H,(H,13,14). The van der Waals surface area contributed by atoms with Gasteiger partial charge in [-0.2, -0.15) is 0 Å². The smallest absolute Gasteiger partial charge is 0.255 e. The lowest BCUT2D eigenvalue weighted by molar-refractivity contribution is 0.102. The molecular formula is C10H7ClN2O2. The van der Waals surface area contributed by atoms with Gasteiger partial charge in [-0.1, -0.05) is 22.8 Å². The zero-order valence-corrected chi connectivity index (χ0v) is 8.36. The molecule has 1 N–H and O–H groups in total. The maximum absolute atomic E-state index is 11.6. The van der Waals surface area contributed by atoms with E-state index >= 15 is 0 Å². The first-order valence-corrected chi connectivity index (χ1v) is 4.60. The Morgan fingerprint density at radius 2 is 2.33 bits per heavy atom. The van der Waals surface area contributed by atoms with Gasteiger partial charge in [0.1, 0.15) is 12.0 Å². The van der Waals surface area contributed by atoms with Crippen LogP contribution in [0.5, 0.6) is 0 Å². The van der Waals surface area contributed by atoms with E-state index in [0.29, 0.717) is 16.3 Å². The van der Waals surface area contributed by atoms with Crippen LogP contribution in [0.1, 0.15) is 10.4 Å². The third-order valence-corrected chi connectivity index (χ3v) is 2.01. The summed E-state index contributed by atoms with van der Waals surface area (Å²) >= 11 is 5.76. The van der Waals surface area contributed by atoms with Gasteiger partial charge < -0.3 is 9.84 Å². The molecule has 1 amide bonds. The van der Waals surface area contributed by atoms with Crippen LogP contribution in [0.3, 0.4) is 0 Å². The number of amides is 1. The van der Waals surface area contributed by atoms with Gasteiger partial charge in [0.15, 0.2) is 0 Å². The van der Waals surface area contributed by atoms with Crippen molar-refractivity contribution >= 4 is 23.2 Å². The average molecular weight is 223 g/mol. The van der Waals surface area contributed by atoms with Crippen molar-refractivity contribution in [1.82, 2.24) is 5.16 Å². The molecule has 1 aromatic carbocycles. The van der Waals surface area contributed by atoms with Gasteiger partial charge in [0.05, 0.1) is 6.20 Å². The largest absolute Gasteiger partial charge is 0.363 e. The number of nitrogens with one attached hydrogen (secondary N) is 1. The van der Waals surface area contributed by atoms with Crippen LogP contribution < -0.4 is 5.32 Å². The van der Waals surface area contributed by atoms with Gasteiger partial charge in [-0.25, -0.2) is 0 Å². The Kier molecular flexibility index (Phi) is 2.69. The minimum Gasteiger partial charge on any atom is -0.363 e. The van der Waals surface area contributed by atoms with E-state index in [1.54, 1.807) is 24.3 Å². The van der Waals surface area contributed by atoms with Gasteiger partial charge in [0, 0.05) is 10.6 Å². The predicted molar refractivity (Wildman–Crippen MR) is 55.9 cm³/mol. The molecule has 0 spiro atoms. The molecule has 0 radical (unpaired) electrons. The summed E-state index contributed by atoms with van der Waals surface area (Å²) in [6.45, 7) is 0. The van der Waals surface area contributed by atoms with Crippen molar-refractivity contribution in [3.05, 3.63) is 47.3 Å². The molecule has 0 aliphatic heterocycles. The highest BCUT2D eigenvalue weighted by molar-refractivity contribution is 6.31. The number of halogens is 1. The quantitative estimate of drug-likeness (QED) is 0.850. The fraction of sp³-hybridized carbons (Fsp3) is 0. The molecular weight excluding hydrogens is 216 g/mol. The lowest BCUT2D eigenvalue weighted by Crippen LogP contribution is -2.10. The Hall–Kier alpha value is -1.81.